The number of amides is 4. The number of aromatic nitrogens is 1. The highest BCUT2D eigenvalue weighted by atomic mass is 32.1. The third-order valence-corrected chi connectivity index (χ3v) is 4.77. The van der Waals surface area contributed by atoms with Crippen LogP contribution in [0.1, 0.15) is 11.4 Å². The summed E-state index contributed by atoms with van der Waals surface area (Å²) in [6, 6.07) is 5.22. The van der Waals surface area contributed by atoms with Gasteiger partial charge in [-0.1, -0.05) is 12.1 Å². The Labute approximate surface area is 147 Å². The van der Waals surface area contributed by atoms with Gasteiger partial charge in [-0.05, 0) is 12.1 Å². The highest BCUT2D eigenvalue weighted by Gasteiger charge is 2.58. The highest BCUT2D eigenvalue weighted by Crippen LogP contribution is 2.44. The Morgan fingerprint density at radius 3 is 2.62 bits per heavy atom. The van der Waals surface area contributed by atoms with Gasteiger partial charge in [0.25, 0.3) is 0 Å². The second-order valence-electron chi connectivity index (χ2n) is 5.50. The molecule has 1 aromatic carbocycles. The number of nitrogens with one attached hydrogen (secondary N) is 2. The van der Waals surface area contributed by atoms with E-state index in [9.17, 15) is 32.7 Å². The summed E-state index contributed by atoms with van der Waals surface area (Å²) < 4.78 is 41.0. The lowest BCUT2D eigenvalue weighted by Crippen LogP contribution is -2.50. The van der Waals surface area contributed by atoms with Gasteiger partial charge in [-0.15, -0.1) is 11.3 Å². The fraction of sp³-hybridized carbons (Fsp3) is 0.286. The SMILES string of the molecule is O=C1CN(NC(=O)C[C@@](O)(c2nc3ccccc3s2)C(F)(F)F)C(=O)N1. The van der Waals surface area contributed by atoms with Crippen LogP contribution in [0.3, 0.4) is 0 Å². The monoisotopic (exact) mass is 388 g/mol. The molecular weight excluding hydrogens is 377 g/mol. The first kappa shape index (κ1) is 18.1. The van der Waals surface area contributed by atoms with Gasteiger partial charge in [-0.25, -0.2) is 14.8 Å². The number of halogens is 3. The van der Waals surface area contributed by atoms with E-state index in [4.69, 9.17) is 0 Å². The molecule has 1 saturated heterocycles. The van der Waals surface area contributed by atoms with Crippen LogP contribution in [0.5, 0.6) is 0 Å². The van der Waals surface area contributed by atoms with Crippen molar-refractivity contribution in [2.75, 3.05) is 6.54 Å². The number of imide groups is 1. The zero-order valence-corrected chi connectivity index (χ0v) is 13.6. The standard InChI is InChI=1S/C14H11F3N4O4S/c15-14(16,17)13(25,11-18-7-3-1-2-4-8(7)26-11)5-9(22)20-21-6-10(23)19-12(21)24/h1-4,25H,5-6H2,(H,20,22)(H,19,23,24)/t13-/m1/s1. The van der Waals surface area contributed by atoms with Crippen molar-refractivity contribution in [1.82, 2.24) is 20.7 Å². The van der Waals surface area contributed by atoms with Crippen LogP contribution in [-0.4, -0.2) is 45.7 Å². The predicted octanol–water partition coefficient (Wildman–Crippen LogP) is 1.02. The maximum Gasteiger partial charge on any atom is 0.424 e. The van der Waals surface area contributed by atoms with Crippen molar-refractivity contribution in [1.29, 1.82) is 0 Å². The molecule has 0 saturated carbocycles. The first-order valence-corrected chi connectivity index (χ1v) is 7.98. The number of para-hydroxylation sites is 1. The molecule has 4 amide bonds. The van der Waals surface area contributed by atoms with E-state index in [1.165, 1.54) is 12.1 Å². The van der Waals surface area contributed by atoms with E-state index in [2.05, 4.69) is 4.98 Å². The number of aliphatic hydroxyl groups is 1. The van der Waals surface area contributed by atoms with Gasteiger partial charge in [-0.2, -0.15) is 13.2 Å². The van der Waals surface area contributed by atoms with Crippen LogP contribution in [-0.2, 0) is 15.2 Å². The van der Waals surface area contributed by atoms with Crippen molar-refractivity contribution in [2.24, 2.45) is 0 Å². The molecule has 26 heavy (non-hydrogen) atoms. The number of carbonyl (C=O) groups excluding carboxylic acids is 3. The molecular formula is C14H11F3N4O4S. The van der Waals surface area contributed by atoms with Gasteiger partial charge >= 0.3 is 12.2 Å². The minimum atomic E-state index is -5.19. The number of carbonyl (C=O) groups is 3. The number of fused-ring (bicyclic) bond motifs is 1. The molecule has 138 valence electrons. The summed E-state index contributed by atoms with van der Waals surface area (Å²) in [6.07, 6.45) is -6.62. The lowest BCUT2D eigenvalue weighted by Gasteiger charge is -2.28. The Kier molecular flexibility index (Phi) is 4.32. The molecule has 0 spiro atoms. The molecule has 1 aliphatic heterocycles. The number of benzene rings is 1. The molecule has 2 aromatic rings. The lowest BCUT2D eigenvalue weighted by atomic mass is 9.99. The summed E-state index contributed by atoms with van der Waals surface area (Å²) in [6.45, 7) is -0.532. The van der Waals surface area contributed by atoms with E-state index >= 15 is 0 Å². The van der Waals surface area contributed by atoms with E-state index in [0.717, 1.165) is 0 Å². The molecule has 1 atom stereocenters. The smallest absolute Gasteiger partial charge is 0.374 e. The first-order valence-electron chi connectivity index (χ1n) is 7.16. The molecule has 1 fully saturated rings. The molecule has 1 aliphatic rings. The van der Waals surface area contributed by atoms with Gasteiger partial charge < -0.3 is 5.11 Å². The molecule has 2 heterocycles. The molecule has 0 bridgehead atoms. The van der Waals surface area contributed by atoms with E-state index < -0.39 is 47.6 Å². The third kappa shape index (κ3) is 3.20. The molecule has 8 nitrogen and oxygen atoms in total. The average Bonchev–Trinajstić information content (AvgIpc) is 3.09. The van der Waals surface area contributed by atoms with E-state index in [1.54, 1.807) is 12.1 Å². The zero-order chi connectivity index (χ0) is 19.1. The number of alkyl halides is 3. The largest absolute Gasteiger partial charge is 0.424 e. The van der Waals surface area contributed by atoms with E-state index in [0.29, 0.717) is 21.0 Å². The van der Waals surface area contributed by atoms with Gasteiger partial charge in [0.2, 0.25) is 17.4 Å². The van der Waals surface area contributed by atoms with Crippen LogP contribution in [0.4, 0.5) is 18.0 Å². The maximum atomic E-state index is 13.5. The zero-order valence-electron chi connectivity index (χ0n) is 12.8. The third-order valence-electron chi connectivity index (χ3n) is 3.59. The Balaban J connectivity index is 1.87. The van der Waals surface area contributed by atoms with Gasteiger partial charge in [0, 0.05) is 0 Å². The molecule has 12 heteroatoms. The lowest BCUT2D eigenvalue weighted by molar-refractivity contribution is -0.267. The minimum Gasteiger partial charge on any atom is -0.374 e. The van der Waals surface area contributed by atoms with Crippen LogP contribution >= 0.6 is 11.3 Å². The molecule has 0 unspecified atom stereocenters. The summed E-state index contributed by atoms with van der Waals surface area (Å²) in [5.41, 5.74) is -1.42. The maximum absolute atomic E-state index is 13.5. The quantitative estimate of drug-likeness (QED) is 0.677. The van der Waals surface area contributed by atoms with Crippen LogP contribution in [0.2, 0.25) is 0 Å². The molecule has 1 aromatic heterocycles. The fourth-order valence-electron chi connectivity index (χ4n) is 2.30. The summed E-state index contributed by atoms with van der Waals surface area (Å²) in [7, 11) is 0. The van der Waals surface area contributed by atoms with Crippen LogP contribution in [0, 0.1) is 0 Å². The average molecular weight is 388 g/mol. The number of hydrogen-bond donors (Lipinski definition) is 3. The van der Waals surface area contributed by atoms with Gasteiger partial charge in [0.15, 0.2) is 0 Å². The van der Waals surface area contributed by atoms with E-state index in [-0.39, 0.29) is 5.52 Å². The Bertz CT molecular complexity index is 867. The van der Waals surface area contributed by atoms with Crippen molar-refractivity contribution < 1.29 is 32.7 Å². The van der Waals surface area contributed by atoms with Crippen LogP contribution in [0.15, 0.2) is 24.3 Å². The Hall–Kier alpha value is -2.73. The molecule has 3 rings (SSSR count). The summed E-state index contributed by atoms with van der Waals surface area (Å²) in [5, 5.41) is 11.9. The van der Waals surface area contributed by atoms with Crippen molar-refractivity contribution in [3.63, 3.8) is 0 Å². The second-order valence-corrected chi connectivity index (χ2v) is 6.53. The van der Waals surface area contributed by atoms with Crippen molar-refractivity contribution in [2.45, 2.75) is 18.2 Å². The summed E-state index contributed by atoms with van der Waals surface area (Å²) in [5.74, 6) is -2.01. The van der Waals surface area contributed by atoms with Crippen LogP contribution in [0.25, 0.3) is 10.2 Å². The van der Waals surface area contributed by atoms with Gasteiger partial charge in [-0.3, -0.25) is 20.3 Å². The number of hydrogen-bond acceptors (Lipinski definition) is 6. The van der Waals surface area contributed by atoms with Crippen molar-refractivity contribution in [3.8, 4) is 0 Å². The Morgan fingerprint density at radius 1 is 1.35 bits per heavy atom. The number of rotatable bonds is 4. The highest BCUT2D eigenvalue weighted by molar-refractivity contribution is 7.18. The number of nitrogens with zero attached hydrogens (tertiary/aromatic N) is 2. The molecule has 3 N–H and O–H groups in total. The van der Waals surface area contributed by atoms with Crippen LogP contribution < -0.4 is 10.7 Å². The number of urea groups is 1. The van der Waals surface area contributed by atoms with Gasteiger partial charge in [0.1, 0.15) is 11.6 Å². The predicted molar refractivity (Wildman–Crippen MR) is 82.6 cm³/mol. The van der Waals surface area contributed by atoms with Gasteiger partial charge in [0.05, 0.1) is 16.6 Å². The number of hydrazine groups is 1. The van der Waals surface area contributed by atoms with Crippen molar-refractivity contribution >= 4 is 39.4 Å². The second kappa shape index (κ2) is 6.21. The Morgan fingerprint density at radius 2 is 2.04 bits per heavy atom. The first-order chi connectivity index (χ1) is 12.1. The normalized spacial score (nSPS) is 17.3. The fourth-order valence-corrected chi connectivity index (χ4v) is 3.37. The van der Waals surface area contributed by atoms with Crippen molar-refractivity contribution in [3.05, 3.63) is 29.3 Å². The number of thiazole rings is 1. The summed E-state index contributed by atoms with van der Waals surface area (Å²) >= 11 is 0.609. The summed E-state index contributed by atoms with van der Waals surface area (Å²) in [4.78, 5) is 38.2. The molecule has 0 aliphatic carbocycles. The van der Waals surface area contributed by atoms with E-state index in [1.807, 2.05) is 10.7 Å². The minimum absolute atomic E-state index is 0.250. The topological polar surface area (TPSA) is 112 Å². The molecule has 0 radical (unpaired) electrons.